The van der Waals surface area contributed by atoms with Crippen molar-refractivity contribution in [3.63, 3.8) is 0 Å². The summed E-state index contributed by atoms with van der Waals surface area (Å²) in [7, 11) is 0. The molecule has 2 aromatic rings. The lowest BCUT2D eigenvalue weighted by atomic mass is 10.1. The van der Waals surface area contributed by atoms with E-state index in [4.69, 9.17) is 9.47 Å². The number of carbonyl (C=O) groups is 1. The number of ether oxygens (including phenoxy) is 2. The molecule has 3 rings (SSSR count). The number of aryl methyl sites for hydroxylation is 2. The molecule has 0 spiro atoms. The summed E-state index contributed by atoms with van der Waals surface area (Å²) in [5.41, 5.74) is 3.06. The summed E-state index contributed by atoms with van der Waals surface area (Å²) in [6.07, 6.45) is 0.881. The van der Waals surface area contributed by atoms with Crippen molar-refractivity contribution in [1.29, 1.82) is 0 Å². The van der Waals surface area contributed by atoms with E-state index in [1.165, 1.54) is 11.8 Å². The molecular formula is C20H23NO3S. The van der Waals surface area contributed by atoms with Gasteiger partial charge in [0.15, 0.2) is 11.5 Å². The van der Waals surface area contributed by atoms with Gasteiger partial charge in [-0.2, -0.15) is 0 Å². The van der Waals surface area contributed by atoms with Crippen molar-refractivity contribution in [1.82, 2.24) is 0 Å². The van der Waals surface area contributed by atoms with Crippen LogP contribution in [0.1, 0.15) is 24.5 Å². The van der Waals surface area contributed by atoms with E-state index in [0.29, 0.717) is 13.2 Å². The Balaban J connectivity index is 1.67. The second-order valence-corrected chi connectivity index (χ2v) is 7.64. The highest BCUT2D eigenvalue weighted by Gasteiger charge is 2.17. The molecule has 0 bridgehead atoms. The summed E-state index contributed by atoms with van der Waals surface area (Å²) in [6.45, 7) is 7.26. The molecular weight excluding hydrogens is 334 g/mol. The summed E-state index contributed by atoms with van der Waals surface area (Å²) in [5.74, 6) is 1.52. The number of nitrogens with one attached hydrogen (secondary N) is 1. The van der Waals surface area contributed by atoms with E-state index >= 15 is 0 Å². The number of carbonyl (C=O) groups excluding carboxylic acids is 1. The molecule has 0 aliphatic carbocycles. The van der Waals surface area contributed by atoms with Crippen molar-refractivity contribution in [3.05, 3.63) is 47.5 Å². The first-order chi connectivity index (χ1) is 12.0. The standard InChI is InChI=1S/C20H23NO3S/c1-13-5-6-14(2)17(11-13)21-20(22)15(3)25-16-7-8-18-19(12-16)24-10-4-9-23-18/h5-8,11-12,15H,4,9-10H2,1-3H3,(H,21,22). The molecule has 132 valence electrons. The molecule has 1 unspecified atom stereocenters. The number of fused-ring (bicyclic) bond motifs is 1. The maximum atomic E-state index is 12.5. The van der Waals surface area contributed by atoms with Crippen molar-refractivity contribution < 1.29 is 14.3 Å². The highest BCUT2D eigenvalue weighted by molar-refractivity contribution is 8.00. The third-order valence-electron chi connectivity index (χ3n) is 4.05. The molecule has 25 heavy (non-hydrogen) atoms. The normalized spacial score (nSPS) is 14.5. The van der Waals surface area contributed by atoms with E-state index < -0.39 is 0 Å². The maximum Gasteiger partial charge on any atom is 0.237 e. The predicted molar refractivity (Wildman–Crippen MR) is 102 cm³/mol. The fourth-order valence-electron chi connectivity index (χ4n) is 2.58. The third kappa shape index (κ3) is 4.48. The number of thioether (sulfide) groups is 1. The molecule has 0 fully saturated rings. The summed E-state index contributed by atoms with van der Waals surface area (Å²) in [6, 6.07) is 11.9. The van der Waals surface area contributed by atoms with Gasteiger partial charge in [0.05, 0.1) is 18.5 Å². The molecule has 0 radical (unpaired) electrons. The largest absolute Gasteiger partial charge is 0.490 e. The highest BCUT2D eigenvalue weighted by Crippen LogP contribution is 2.35. The van der Waals surface area contributed by atoms with Gasteiger partial charge in [0.2, 0.25) is 5.91 Å². The van der Waals surface area contributed by atoms with Crippen LogP contribution in [0.2, 0.25) is 0 Å². The molecule has 1 heterocycles. The first kappa shape index (κ1) is 17.7. The fourth-order valence-corrected chi connectivity index (χ4v) is 3.48. The average molecular weight is 357 g/mol. The van der Waals surface area contributed by atoms with Gasteiger partial charge < -0.3 is 14.8 Å². The second-order valence-electron chi connectivity index (χ2n) is 6.23. The van der Waals surface area contributed by atoms with E-state index in [1.807, 2.05) is 57.2 Å². The lowest BCUT2D eigenvalue weighted by molar-refractivity contribution is -0.115. The van der Waals surface area contributed by atoms with E-state index in [1.54, 1.807) is 0 Å². The zero-order valence-corrected chi connectivity index (χ0v) is 15.6. The summed E-state index contributed by atoms with van der Waals surface area (Å²) >= 11 is 1.51. The van der Waals surface area contributed by atoms with Gasteiger partial charge >= 0.3 is 0 Å². The van der Waals surface area contributed by atoms with E-state index in [0.717, 1.165) is 39.6 Å². The molecule has 4 nitrogen and oxygen atoms in total. The van der Waals surface area contributed by atoms with Crippen molar-refractivity contribution in [2.45, 2.75) is 37.3 Å². The Morgan fingerprint density at radius 2 is 1.84 bits per heavy atom. The molecule has 1 amide bonds. The van der Waals surface area contributed by atoms with Crippen LogP contribution in [0.25, 0.3) is 0 Å². The topological polar surface area (TPSA) is 47.6 Å². The van der Waals surface area contributed by atoms with Crippen molar-refractivity contribution in [2.75, 3.05) is 18.5 Å². The molecule has 0 saturated heterocycles. The molecule has 0 aromatic heterocycles. The van der Waals surface area contributed by atoms with Crippen molar-refractivity contribution in [2.24, 2.45) is 0 Å². The van der Waals surface area contributed by atoms with Crippen molar-refractivity contribution >= 4 is 23.4 Å². The van der Waals surface area contributed by atoms with Crippen LogP contribution in [-0.4, -0.2) is 24.4 Å². The highest BCUT2D eigenvalue weighted by atomic mass is 32.2. The zero-order valence-electron chi connectivity index (χ0n) is 14.8. The fraction of sp³-hybridized carbons (Fsp3) is 0.350. The molecule has 0 saturated carbocycles. The van der Waals surface area contributed by atoms with Crippen LogP contribution in [0.3, 0.4) is 0 Å². The van der Waals surface area contributed by atoms with Crippen LogP contribution >= 0.6 is 11.8 Å². The molecule has 1 atom stereocenters. The van der Waals surface area contributed by atoms with Crippen LogP contribution in [0.4, 0.5) is 5.69 Å². The minimum absolute atomic E-state index is 0.00851. The Bertz CT molecular complexity index is 776. The summed E-state index contributed by atoms with van der Waals surface area (Å²) in [5, 5.41) is 2.81. The maximum absolute atomic E-state index is 12.5. The van der Waals surface area contributed by atoms with Gasteiger partial charge in [0, 0.05) is 17.0 Å². The monoisotopic (exact) mass is 357 g/mol. The van der Waals surface area contributed by atoms with E-state index in [9.17, 15) is 4.79 Å². The van der Waals surface area contributed by atoms with Crippen LogP contribution < -0.4 is 14.8 Å². The van der Waals surface area contributed by atoms with Gasteiger partial charge in [-0.25, -0.2) is 0 Å². The first-order valence-corrected chi connectivity index (χ1v) is 9.35. The third-order valence-corrected chi connectivity index (χ3v) is 5.15. The SMILES string of the molecule is Cc1ccc(C)c(NC(=O)C(C)Sc2ccc3c(c2)OCCCO3)c1. The molecule has 5 heteroatoms. The number of benzene rings is 2. The number of amides is 1. The second kappa shape index (κ2) is 7.83. The molecule has 1 aliphatic heterocycles. The Kier molecular flexibility index (Phi) is 5.53. The van der Waals surface area contributed by atoms with Gasteiger partial charge in [-0.1, -0.05) is 12.1 Å². The van der Waals surface area contributed by atoms with Gasteiger partial charge in [0.25, 0.3) is 0 Å². The minimum Gasteiger partial charge on any atom is -0.490 e. The van der Waals surface area contributed by atoms with Crippen LogP contribution in [0.15, 0.2) is 41.3 Å². The van der Waals surface area contributed by atoms with E-state index in [2.05, 4.69) is 5.32 Å². The Hall–Kier alpha value is -2.14. The zero-order chi connectivity index (χ0) is 17.8. The Morgan fingerprint density at radius 1 is 1.08 bits per heavy atom. The quantitative estimate of drug-likeness (QED) is 0.814. The lowest BCUT2D eigenvalue weighted by Crippen LogP contribution is -2.22. The number of hydrogen-bond acceptors (Lipinski definition) is 4. The number of rotatable bonds is 4. The smallest absolute Gasteiger partial charge is 0.237 e. The van der Waals surface area contributed by atoms with E-state index in [-0.39, 0.29) is 11.2 Å². The number of hydrogen-bond donors (Lipinski definition) is 1. The summed E-state index contributed by atoms with van der Waals surface area (Å²) in [4.78, 5) is 13.5. The van der Waals surface area contributed by atoms with Gasteiger partial charge in [0.1, 0.15) is 0 Å². The Morgan fingerprint density at radius 3 is 2.64 bits per heavy atom. The van der Waals surface area contributed by atoms with Crippen LogP contribution in [0.5, 0.6) is 11.5 Å². The van der Waals surface area contributed by atoms with Crippen LogP contribution in [-0.2, 0) is 4.79 Å². The van der Waals surface area contributed by atoms with Crippen molar-refractivity contribution in [3.8, 4) is 11.5 Å². The molecule has 2 aromatic carbocycles. The molecule has 1 aliphatic rings. The summed E-state index contributed by atoms with van der Waals surface area (Å²) < 4.78 is 11.4. The van der Waals surface area contributed by atoms with Gasteiger partial charge in [-0.3, -0.25) is 4.79 Å². The first-order valence-electron chi connectivity index (χ1n) is 8.47. The number of anilines is 1. The lowest BCUT2D eigenvalue weighted by Gasteiger charge is -2.15. The Labute approximate surface area is 152 Å². The average Bonchev–Trinajstić information content (AvgIpc) is 2.83. The van der Waals surface area contributed by atoms with Crippen LogP contribution in [0, 0.1) is 13.8 Å². The van der Waals surface area contributed by atoms with Gasteiger partial charge in [-0.15, -0.1) is 11.8 Å². The minimum atomic E-state index is -0.218. The molecule has 1 N–H and O–H groups in total. The van der Waals surface area contributed by atoms with Gasteiger partial charge in [-0.05, 0) is 56.2 Å². The predicted octanol–water partition coefficient (Wildman–Crippen LogP) is 4.58.